The highest BCUT2D eigenvalue weighted by Gasteiger charge is 2.51. The van der Waals surface area contributed by atoms with Crippen LogP contribution >= 0.6 is 12.4 Å². The van der Waals surface area contributed by atoms with E-state index in [1.165, 1.54) is 0 Å². The summed E-state index contributed by atoms with van der Waals surface area (Å²) < 4.78 is 5.45. The van der Waals surface area contributed by atoms with E-state index in [0.717, 1.165) is 33.8 Å². The first-order valence-electron chi connectivity index (χ1n) is 10.7. The van der Waals surface area contributed by atoms with Crippen LogP contribution in [0.2, 0.25) is 0 Å². The van der Waals surface area contributed by atoms with Crippen LogP contribution in [-0.2, 0) is 23.1 Å². The maximum absolute atomic E-state index is 14.3. The summed E-state index contributed by atoms with van der Waals surface area (Å²) >= 11 is 0. The number of aromatic nitrogens is 1. The lowest BCUT2D eigenvalue weighted by Gasteiger charge is -2.29. The van der Waals surface area contributed by atoms with Crippen molar-refractivity contribution in [1.82, 2.24) is 4.98 Å². The van der Waals surface area contributed by atoms with Gasteiger partial charge in [-0.15, -0.1) is 12.4 Å². The molecule has 1 amide bonds. The van der Waals surface area contributed by atoms with Crippen LogP contribution in [0, 0.1) is 0 Å². The molecule has 0 fully saturated rings. The molecule has 0 spiro atoms. The van der Waals surface area contributed by atoms with Crippen molar-refractivity contribution in [2.75, 3.05) is 12.0 Å². The minimum absolute atomic E-state index is 0. The number of carbonyl (C=O) groups excluding carboxylic acids is 1. The molecule has 33 heavy (non-hydrogen) atoms. The van der Waals surface area contributed by atoms with Crippen molar-refractivity contribution < 1.29 is 9.53 Å². The molecule has 0 radical (unpaired) electrons. The Bertz CT molecular complexity index is 1250. The van der Waals surface area contributed by atoms with Gasteiger partial charge in [0.15, 0.2) is 0 Å². The topological polar surface area (TPSA) is 42.4 Å². The Hall–Kier alpha value is -3.63. The summed E-state index contributed by atoms with van der Waals surface area (Å²) in [4.78, 5) is 20.4. The molecule has 5 rings (SSSR count). The van der Waals surface area contributed by atoms with Crippen LogP contribution in [0.25, 0.3) is 0 Å². The molecule has 4 nitrogen and oxygen atoms in total. The van der Waals surface area contributed by atoms with Crippen molar-refractivity contribution in [2.24, 2.45) is 0 Å². The standard InChI is InChI=1S/C28H24N2O2.ClH/c1-32-24-11-7-8-22(18-24)20-28(19-21-14-16-29-17-15-21)25-12-5-6-13-26(25)30(27(28)31)23-9-3-2-4-10-23;/h2-18H,19-20H2,1H3;1H. The van der Waals surface area contributed by atoms with Gasteiger partial charge in [-0.05, 0) is 72.0 Å². The average molecular weight is 457 g/mol. The Morgan fingerprint density at radius 3 is 2.27 bits per heavy atom. The summed E-state index contributed by atoms with van der Waals surface area (Å²) in [7, 11) is 1.67. The van der Waals surface area contributed by atoms with Gasteiger partial charge in [0.05, 0.1) is 18.2 Å². The summed E-state index contributed by atoms with van der Waals surface area (Å²) in [6.45, 7) is 0. The molecule has 1 aromatic heterocycles. The number of methoxy groups -OCH3 is 1. The van der Waals surface area contributed by atoms with Crippen LogP contribution in [0.5, 0.6) is 5.75 Å². The maximum atomic E-state index is 14.3. The minimum Gasteiger partial charge on any atom is -0.497 e. The molecule has 4 aromatic rings. The number of halogens is 1. The molecule has 0 N–H and O–H groups in total. The first-order chi connectivity index (χ1) is 15.7. The molecule has 1 aliphatic heterocycles. The third kappa shape index (κ3) is 4.10. The number of benzene rings is 3. The second-order valence-electron chi connectivity index (χ2n) is 8.14. The van der Waals surface area contributed by atoms with Crippen LogP contribution in [-0.4, -0.2) is 18.0 Å². The van der Waals surface area contributed by atoms with Gasteiger partial charge in [0, 0.05) is 18.1 Å². The predicted octanol–water partition coefficient (Wildman–Crippen LogP) is 5.91. The van der Waals surface area contributed by atoms with E-state index in [-0.39, 0.29) is 18.3 Å². The predicted molar refractivity (Wildman–Crippen MR) is 134 cm³/mol. The van der Waals surface area contributed by atoms with E-state index >= 15 is 0 Å². The van der Waals surface area contributed by atoms with E-state index in [9.17, 15) is 4.79 Å². The highest BCUT2D eigenvalue weighted by Crippen LogP contribution is 2.49. The molecule has 0 bridgehead atoms. The Morgan fingerprint density at radius 2 is 1.52 bits per heavy atom. The zero-order valence-corrected chi connectivity index (χ0v) is 19.2. The Labute approximate surface area is 200 Å². The fourth-order valence-electron chi connectivity index (χ4n) is 4.73. The number of nitrogens with zero attached hydrogens (tertiary/aromatic N) is 2. The molecule has 0 aliphatic carbocycles. The highest BCUT2D eigenvalue weighted by molar-refractivity contribution is 6.13. The number of hydrogen-bond acceptors (Lipinski definition) is 3. The van der Waals surface area contributed by atoms with Crippen LogP contribution in [0.15, 0.2) is 103 Å². The van der Waals surface area contributed by atoms with Gasteiger partial charge in [0.25, 0.3) is 0 Å². The van der Waals surface area contributed by atoms with Crippen molar-refractivity contribution >= 4 is 29.7 Å². The molecule has 2 heterocycles. The lowest BCUT2D eigenvalue weighted by atomic mass is 9.72. The Balaban J connectivity index is 0.00000259. The van der Waals surface area contributed by atoms with Crippen molar-refractivity contribution in [3.63, 3.8) is 0 Å². The molecule has 166 valence electrons. The SMILES string of the molecule is COc1cccc(CC2(Cc3ccncc3)C(=O)N(c3ccccc3)c3ccccc32)c1.Cl. The summed E-state index contributed by atoms with van der Waals surface area (Å²) in [5.74, 6) is 0.879. The van der Waals surface area contributed by atoms with Gasteiger partial charge in [0.2, 0.25) is 5.91 Å². The van der Waals surface area contributed by atoms with Crippen molar-refractivity contribution in [1.29, 1.82) is 0 Å². The molecule has 1 atom stereocenters. The smallest absolute Gasteiger partial charge is 0.242 e. The first kappa shape index (κ1) is 22.6. The van der Waals surface area contributed by atoms with Gasteiger partial charge in [-0.1, -0.05) is 48.5 Å². The van der Waals surface area contributed by atoms with Crippen molar-refractivity contribution in [3.8, 4) is 5.75 Å². The van der Waals surface area contributed by atoms with Gasteiger partial charge in [0.1, 0.15) is 5.75 Å². The van der Waals surface area contributed by atoms with Crippen LogP contribution in [0.3, 0.4) is 0 Å². The second kappa shape index (κ2) is 9.47. The normalized spacial score (nSPS) is 16.8. The molecule has 0 saturated heterocycles. The fourth-order valence-corrected chi connectivity index (χ4v) is 4.73. The molecule has 3 aromatic carbocycles. The molecule has 0 saturated carbocycles. The number of hydrogen-bond donors (Lipinski definition) is 0. The molecule has 1 aliphatic rings. The van der Waals surface area contributed by atoms with E-state index in [0.29, 0.717) is 12.8 Å². The van der Waals surface area contributed by atoms with Gasteiger partial charge < -0.3 is 4.74 Å². The quantitative estimate of drug-likeness (QED) is 0.362. The monoisotopic (exact) mass is 456 g/mol. The minimum atomic E-state index is -0.736. The molecular formula is C28H25ClN2O2. The second-order valence-corrected chi connectivity index (χ2v) is 8.14. The van der Waals surface area contributed by atoms with Crippen LogP contribution in [0.4, 0.5) is 11.4 Å². The number of fused-ring (bicyclic) bond motifs is 1. The number of anilines is 2. The molecule has 5 heteroatoms. The van der Waals surface area contributed by atoms with E-state index < -0.39 is 5.41 Å². The summed E-state index contributed by atoms with van der Waals surface area (Å²) in [6.07, 6.45) is 4.74. The van der Waals surface area contributed by atoms with E-state index in [2.05, 4.69) is 17.1 Å². The maximum Gasteiger partial charge on any atom is 0.242 e. The molecule has 1 unspecified atom stereocenters. The zero-order valence-electron chi connectivity index (χ0n) is 18.3. The lowest BCUT2D eigenvalue weighted by molar-refractivity contribution is -0.122. The number of rotatable bonds is 6. The van der Waals surface area contributed by atoms with Gasteiger partial charge >= 0.3 is 0 Å². The number of ether oxygens (including phenoxy) is 1. The highest BCUT2D eigenvalue weighted by atomic mass is 35.5. The number of para-hydroxylation sites is 2. The summed E-state index contributed by atoms with van der Waals surface area (Å²) in [5, 5.41) is 0. The van der Waals surface area contributed by atoms with E-state index in [4.69, 9.17) is 4.74 Å². The zero-order chi connectivity index (χ0) is 22.0. The first-order valence-corrected chi connectivity index (χ1v) is 10.7. The van der Waals surface area contributed by atoms with Crippen molar-refractivity contribution in [3.05, 3.63) is 120 Å². The Morgan fingerprint density at radius 1 is 0.818 bits per heavy atom. The van der Waals surface area contributed by atoms with E-state index in [1.54, 1.807) is 19.5 Å². The number of amides is 1. The van der Waals surface area contributed by atoms with E-state index in [1.807, 2.05) is 83.8 Å². The van der Waals surface area contributed by atoms with Crippen LogP contribution < -0.4 is 9.64 Å². The summed E-state index contributed by atoms with van der Waals surface area (Å²) in [5.41, 5.74) is 4.29. The Kier molecular flexibility index (Phi) is 6.47. The van der Waals surface area contributed by atoms with Crippen LogP contribution in [0.1, 0.15) is 16.7 Å². The number of carbonyl (C=O) groups is 1. The third-order valence-corrected chi connectivity index (χ3v) is 6.18. The van der Waals surface area contributed by atoms with Crippen molar-refractivity contribution in [2.45, 2.75) is 18.3 Å². The third-order valence-electron chi connectivity index (χ3n) is 6.18. The largest absolute Gasteiger partial charge is 0.497 e. The fraction of sp³-hybridized carbons (Fsp3) is 0.143. The average Bonchev–Trinajstić information content (AvgIpc) is 3.08. The molecular weight excluding hydrogens is 432 g/mol. The van der Waals surface area contributed by atoms with Gasteiger partial charge in [-0.2, -0.15) is 0 Å². The number of pyridine rings is 1. The van der Waals surface area contributed by atoms with Gasteiger partial charge in [-0.25, -0.2) is 0 Å². The lowest BCUT2D eigenvalue weighted by Crippen LogP contribution is -2.42. The summed E-state index contributed by atoms with van der Waals surface area (Å²) in [6, 6.07) is 30.0. The van der Waals surface area contributed by atoms with Gasteiger partial charge in [-0.3, -0.25) is 14.7 Å².